The molecule has 6 nitrogen and oxygen atoms in total. The van der Waals surface area contributed by atoms with E-state index in [-0.39, 0.29) is 24.2 Å². The van der Waals surface area contributed by atoms with Crippen LogP contribution in [-0.2, 0) is 4.79 Å². The van der Waals surface area contributed by atoms with Gasteiger partial charge in [-0.05, 0) is 43.8 Å². The summed E-state index contributed by atoms with van der Waals surface area (Å²) in [5, 5.41) is 6.69. The number of nitrogens with one attached hydrogen (secondary N) is 1. The number of carbonyl (C=O) groups is 1. The Kier molecular flexibility index (Phi) is 5.38. The maximum Gasteiger partial charge on any atom is 0.238 e. The fourth-order valence-corrected chi connectivity index (χ4v) is 2.62. The lowest BCUT2D eigenvalue weighted by molar-refractivity contribution is -0.117. The van der Waals surface area contributed by atoms with Crippen LogP contribution in [0.1, 0.15) is 18.5 Å². The van der Waals surface area contributed by atoms with Crippen LogP contribution >= 0.6 is 0 Å². The van der Waals surface area contributed by atoms with Gasteiger partial charge in [0.05, 0.1) is 17.9 Å². The Labute approximate surface area is 151 Å². The van der Waals surface area contributed by atoms with Crippen molar-refractivity contribution in [3.8, 4) is 5.69 Å². The molecule has 0 aliphatic heterocycles. The maximum atomic E-state index is 13.6. The molecule has 3 aromatic rings. The molecule has 0 saturated carbocycles. The SMILES string of the molecule is CC(c1ccc(-n2cncn2)cc1)N(C)CC(=O)Nc1ccccc1F. The standard InChI is InChI=1S/C19H20FN5O/c1-14(15-7-9-16(10-8-15)25-13-21-12-22-25)24(2)11-19(26)23-18-6-4-3-5-17(18)20/h3-10,12-14H,11H2,1-2H3,(H,23,26). The maximum absolute atomic E-state index is 13.6. The second-order valence-corrected chi connectivity index (χ2v) is 6.05. The first-order valence-electron chi connectivity index (χ1n) is 8.24. The number of hydrogen-bond donors (Lipinski definition) is 1. The lowest BCUT2D eigenvalue weighted by Gasteiger charge is -2.24. The smallest absolute Gasteiger partial charge is 0.238 e. The zero-order valence-corrected chi connectivity index (χ0v) is 14.6. The molecule has 0 bridgehead atoms. The van der Waals surface area contributed by atoms with Gasteiger partial charge in [0, 0.05) is 6.04 Å². The summed E-state index contributed by atoms with van der Waals surface area (Å²) >= 11 is 0. The van der Waals surface area contributed by atoms with Crippen LogP contribution in [0.15, 0.2) is 61.2 Å². The first-order valence-corrected chi connectivity index (χ1v) is 8.24. The summed E-state index contributed by atoms with van der Waals surface area (Å²) in [6.45, 7) is 2.17. The highest BCUT2D eigenvalue weighted by atomic mass is 19.1. The van der Waals surface area contributed by atoms with Gasteiger partial charge >= 0.3 is 0 Å². The second-order valence-electron chi connectivity index (χ2n) is 6.05. The van der Waals surface area contributed by atoms with Crippen LogP contribution in [0.3, 0.4) is 0 Å². The Morgan fingerprint density at radius 3 is 2.62 bits per heavy atom. The molecule has 0 saturated heterocycles. The zero-order chi connectivity index (χ0) is 18.5. The van der Waals surface area contributed by atoms with E-state index in [0.717, 1.165) is 11.3 Å². The van der Waals surface area contributed by atoms with Crippen LogP contribution in [0.4, 0.5) is 10.1 Å². The molecule has 0 radical (unpaired) electrons. The highest BCUT2D eigenvalue weighted by Crippen LogP contribution is 2.20. The largest absolute Gasteiger partial charge is 0.322 e. The van der Waals surface area contributed by atoms with Gasteiger partial charge in [-0.3, -0.25) is 9.69 Å². The summed E-state index contributed by atoms with van der Waals surface area (Å²) in [7, 11) is 1.86. The fourth-order valence-electron chi connectivity index (χ4n) is 2.62. The lowest BCUT2D eigenvalue weighted by atomic mass is 10.1. The summed E-state index contributed by atoms with van der Waals surface area (Å²) in [4.78, 5) is 18.0. The Hall–Kier alpha value is -3.06. The number of nitrogens with zero attached hydrogens (tertiary/aromatic N) is 4. The van der Waals surface area contributed by atoms with Gasteiger partial charge in [0.15, 0.2) is 0 Å². The molecule has 1 aromatic heterocycles. The molecule has 2 aromatic carbocycles. The number of likely N-dealkylation sites (N-methyl/N-ethyl adjacent to an activating group) is 1. The predicted octanol–water partition coefficient (Wildman–Crippen LogP) is 3.04. The molecular formula is C19H20FN5O. The van der Waals surface area contributed by atoms with Crippen LogP contribution in [0.25, 0.3) is 5.69 Å². The molecule has 1 amide bonds. The highest BCUT2D eigenvalue weighted by molar-refractivity contribution is 5.92. The molecule has 0 fully saturated rings. The number of benzene rings is 2. The van der Waals surface area contributed by atoms with Crippen LogP contribution in [0, 0.1) is 5.82 Å². The number of para-hydroxylation sites is 1. The van der Waals surface area contributed by atoms with Crippen LogP contribution in [-0.4, -0.2) is 39.2 Å². The van der Waals surface area contributed by atoms with Crippen LogP contribution in [0.5, 0.6) is 0 Å². The summed E-state index contributed by atoms with van der Waals surface area (Å²) in [5.74, 6) is -0.705. The second kappa shape index (κ2) is 7.88. The van der Waals surface area contributed by atoms with E-state index in [1.54, 1.807) is 29.2 Å². The Morgan fingerprint density at radius 1 is 1.23 bits per heavy atom. The van der Waals surface area contributed by atoms with E-state index in [1.807, 2.05) is 43.1 Å². The molecular weight excluding hydrogens is 333 g/mol. The third-order valence-corrected chi connectivity index (χ3v) is 4.26. The number of hydrogen-bond acceptors (Lipinski definition) is 4. The molecule has 3 rings (SSSR count). The third-order valence-electron chi connectivity index (χ3n) is 4.26. The van der Waals surface area contributed by atoms with Crippen molar-refractivity contribution in [2.45, 2.75) is 13.0 Å². The average molecular weight is 353 g/mol. The third kappa shape index (κ3) is 4.12. The molecule has 0 aliphatic rings. The number of amides is 1. The molecule has 7 heteroatoms. The molecule has 0 spiro atoms. The minimum absolute atomic E-state index is 0.0196. The topological polar surface area (TPSA) is 63.1 Å². The Morgan fingerprint density at radius 2 is 1.96 bits per heavy atom. The normalized spacial score (nSPS) is 12.2. The van der Waals surface area contributed by atoms with E-state index >= 15 is 0 Å². The van der Waals surface area contributed by atoms with Crippen molar-refractivity contribution in [3.05, 3.63) is 72.6 Å². The van der Waals surface area contributed by atoms with E-state index in [9.17, 15) is 9.18 Å². The van der Waals surface area contributed by atoms with E-state index in [1.165, 1.54) is 12.4 Å². The van der Waals surface area contributed by atoms with Gasteiger partial charge in [0.25, 0.3) is 0 Å². The first kappa shape index (κ1) is 17.8. The molecule has 1 unspecified atom stereocenters. The molecule has 1 atom stereocenters. The van der Waals surface area contributed by atoms with Gasteiger partial charge in [-0.25, -0.2) is 14.1 Å². The fraction of sp³-hybridized carbons (Fsp3) is 0.211. The van der Waals surface area contributed by atoms with Crippen molar-refractivity contribution >= 4 is 11.6 Å². The van der Waals surface area contributed by atoms with E-state index < -0.39 is 5.82 Å². The van der Waals surface area contributed by atoms with Crippen molar-refractivity contribution in [2.75, 3.05) is 18.9 Å². The summed E-state index contributed by atoms with van der Waals surface area (Å²) in [5.41, 5.74) is 2.17. The van der Waals surface area contributed by atoms with Crippen molar-refractivity contribution < 1.29 is 9.18 Å². The number of carbonyl (C=O) groups excluding carboxylic acids is 1. The minimum atomic E-state index is -0.444. The Balaban J connectivity index is 1.61. The summed E-state index contributed by atoms with van der Waals surface area (Å²) in [6.07, 6.45) is 3.12. The number of rotatable bonds is 6. The number of halogens is 1. The zero-order valence-electron chi connectivity index (χ0n) is 14.6. The van der Waals surface area contributed by atoms with Crippen molar-refractivity contribution in [1.82, 2.24) is 19.7 Å². The first-order chi connectivity index (χ1) is 12.5. The lowest BCUT2D eigenvalue weighted by Crippen LogP contribution is -2.32. The number of aromatic nitrogens is 3. The van der Waals surface area contributed by atoms with Crippen molar-refractivity contribution in [3.63, 3.8) is 0 Å². The number of anilines is 1. The quantitative estimate of drug-likeness (QED) is 0.740. The summed E-state index contributed by atoms with van der Waals surface area (Å²) < 4.78 is 15.3. The molecule has 1 N–H and O–H groups in total. The Bertz CT molecular complexity index is 864. The van der Waals surface area contributed by atoms with E-state index in [4.69, 9.17) is 0 Å². The van der Waals surface area contributed by atoms with E-state index in [0.29, 0.717) is 0 Å². The highest BCUT2D eigenvalue weighted by Gasteiger charge is 2.16. The molecule has 1 heterocycles. The van der Waals surface area contributed by atoms with Gasteiger partial charge in [-0.2, -0.15) is 5.10 Å². The predicted molar refractivity (Wildman–Crippen MR) is 97.4 cm³/mol. The van der Waals surface area contributed by atoms with Gasteiger partial charge in [-0.15, -0.1) is 0 Å². The van der Waals surface area contributed by atoms with Gasteiger partial charge < -0.3 is 5.32 Å². The minimum Gasteiger partial charge on any atom is -0.322 e. The van der Waals surface area contributed by atoms with Crippen LogP contribution in [0.2, 0.25) is 0 Å². The van der Waals surface area contributed by atoms with Crippen molar-refractivity contribution in [1.29, 1.82) is 0 Å². The van der Waals surface area contributed by atoms with Gasteiger partial charge in [-0.1, -0.05) is 24.3 Å². The van der Waals surface area contributed by atoms with Crippen molar-refractivity contribution in [2.24, 2.45) is 0 Å². The van der Waals surface area contributed by atoms with Crippen LogP contribution < -0.4 is 5.32 Å². The van der Waals surface area contributed by atoms with E-state index in [2.05, 4.69) is 15.4 Å². The monoisotopic (exact) mass is 353 g/mol. The molecule has 134 valence electrons. The van der Waals surface area contributed by atoms with Gasteiger partial charge in [0.2, 0.25) is 5.91 Å². The molecule has 0 aliphatic carbocycles. The average Bonchev–Trinajstić information content (AvgIpc) is 3.18. The summed E-state index contributed by atoms with van der Waals surface area (Å²) in [6, 6.07) is 14.0. The van der Waals surface area contributed by atoms with Gasteiger partial charge in [0.1, 0.15) is 18.5 Å². The molecule has 26 heavy (non-hydrogen) atoms.